The predicted molar refractivity (Wildman–Crippen MR) is 211 cm³/mol. The number of aliphatic hydroxyl groups is 3. The molecule has 4 aliphatic rings. The Hall–Kier alpha value is -3.48. The van der Waals surface area contributed by atoms with Gasteiger partial charge in [0.05, 0.1) is 34.7 Å². The molecule has 0 amide bonds. The van der Waals surface area contributed by atoms with Gasteiger partial charge in [0.1, 0.15) is 5.60 Å². The fourth-order valence-electron chi connectivity index (χ4n) is 11.9. The molecule has 4 saturated carbocycles. The van der Waals surface area contributed by atoms with Crippen molar-refractivity contribution in [3.05, 3.63) is 69.9 Å². The summed E-state index contributed by atoms with van der Waals surface area (Å²) in [7, 11) is 0. The standard InChI is InChI=1S/C45H55ClN2O6/c1-25(10-15-39(52)53)32-13-14-33-41-34(22-38(51)44(32,33)5)43(4)18-19-45(54,23-30(43)21-37(41)50)17-16-28-11-12-29(35(46)20-28)24-47-42-31-8-6-7-9-36(31)48-26(2)40(42)27(3)49/h6-9,11-12,20,25,30,32-34,37-38,41,50-51,54H,10,13-15,18-19,21-24H2,1-5H3,(H,47,48)(H,52,53)/t25?,30?,32-,33?,34?,37?,38?,41?,43?,44?,45-/m1/s1. The number of aliphatic carboxylic acids is 1. The number of benzene rings is 2. The van der Waals surface area contributed by atoms with Crippen LogP contribution in [0.4, 0.5) is 5.69 Å². The van der Waals surface area contributed by atoms with Gasteiger partial charge >= 0.3 is 5.97 Å². The van der Waals surface area contributed by atoms with E-state index >= 15 is 0 Å². The van der Waals surface area contributed by atoms with E-state index in [-0.39, 0.29) is 58.5 Å². The number of ketones is 1. The highest BCUT2D eigenvalue weighted by molar-refractivity contribution is 6.31. The molecule has 0 saturated heterocycles. The van der Waals surface area contributed by atoms with Crippen molar-refractivity contribution in [1.82, 2.24) is 4.98 Å². The Bertz CT molecular complexity index is 2020. The van der Waals surface area contributed by atoms with Crippen LogP contribution in [0.25, 0.3) is 10.9 Å². The molecule has 288 valence electrons. The van der Waals surface area contributed by atoms with Gasteiger partial charge < -0.3 is 25.7 Å². The van der Waals surface area contributed by atoms with E-state index in [2.05, 4.69) is 42.9 Å². The van der Waals surface area contributed by atoms with Gasteiger partial charge in [0, 0.05) is 28.9 Å². The molecule has 7 rings (SSSR count). The number of carboxylic acids is 1. The maximum absolute atomic E-state index is 12.6. The number of carboxylic acid groups (broad SMARTS) is 1. The molecule has 2 aromatic carbocycles. The summed E-state index contributed by atoms with van der Waals surface area (Å²) < 4.78 is 0. The Kier molecular flexibility index (Phi) is 10.4. The lowest BCUT2D eigenvalue weighted by Gasteiger charge is -2.64. The topological polar surface area (TPSA) is 140 Å². The van der Waals surface area contributed by atoms with Crippen LogP contribution in [0.15, 0.2) is 42.5 Å². The monoisotopic (exact) mass is 754 g/mol. The quantitative estimate of drug-likeness (QED) is 0.115. The van der Waals surface area contributed by atoms with E-state index < -0.39 is 23.8 Å². The molecule has 4 fully saturated rings. The fraction of sp³-hybridized carbons (Fsp3) is 0.578. The Balaban J connectivity index is 1.05. The first-order chi connectivity index (χ1) is 25.6. The van der Waals surface area contributed by atoms with E-state index in [9.17, 15) is 30.0 Å². The van der Waals surface area contributed by atoms with Gasteiger partial charge in [-0.25, -0.2) is 0 Å². The lowest BCUT2D eigenvalue weighted by molar-refractivity contribution is -0.211. The molecule has 3 aromatic rings. The number of anilines is 1. The molecule has 11 atom stereocenters. The first-order valence-electron chi connectivity index (χ1n) is 19.8. The second-order valence-electron chi connectivity index (χ2n) is 17.7. The molecule has 0 aliphatic heterocycles. The van der Waals surface area contributed by atoms with Gasteiger partial charge in [-0.15, -0.1) is 0 Å². The first-order valence-corrected chi connectivity index (χ1v) is 20.2. The van der Waals surface area contributed by atoms with Gasteiger partial charge in [0.15, 0.2) is 5.78 Å². The van der Waals surface area contributed by atoms with Crippen LogP contribution in [0.5, 0.6) is 0 Å². The minimum atomic E-state index is -1.20. The maximum Gasteiger partial charge on any atom is 0.303 e. The molecule has 0 radical (unpaired) electrons. The van der Waals surface area contributed by atoms with E-state index in [1.807, 2.05) is 49.4 Å². The number of aryl methyl sites for hydroxylation is 1. The van der Waals surface area contributed by atoms with E-state index in [1.54, 1.807) is 6.92 Å². The molecule has 8 nitrogen and oxygen atoms in total. The van der Waals surface area contributed by atoms with E-state index in [1.165, 1.54) is 0 Å². The van der Waals surface area contributed by atoms with Crippen LogP contribution in [0.3, 0.4) is 0 Å². The number of aromatic nitrogens is 1. The van der Waals surface area contributed by atoms with Crippen LogP contribution < -0.4 is 5.32 Å². The Morgan fingerprint density at radius 2 is 1.83 bits per heavy atom. The Labute approximate surface area is 324 Å². The molecular formula is C45H55ClN2O6. The third-order valence-corrected chi connectivity index (χ3v) is 15.1. The van der Waals surface area contributed by atoms with Crippen LogP contribution in [0.2, 0.25) is 5.02 Å². The zero-order chi connectivity index (χ0) is 38.7. The molecule has 1 aromatic heterocycles. The third-order valence-electron chi connectivity index (χ3n) is 14.8. The van der Waals surface area contributed by atoms with Crippen molar-refractivity contribution in [2.75, 3.05) is 5.32 Å². The highest BCUT2D eigenvalue weighted by atomic mass is 35.5. The number of rotatable bonds is 8. The average Bonchev–Trinajstić information content (AvgIpc) is 3.48. The summed E-state index contributed by atoms with van der Waals surface area (Å²) in [5.74, 6) is 6.47. The smallest absolute Gasteiger partial charge is 0.303 e. The van der Waals surface area contributed by atoms with Crippen LogP contribution >= 0.6 is 11.6 Å². The Morgan fingerprint density at radius 1 is 1.07 bits per heavy atom. The molecule has 1 heterocycles. The summed E-state index contributed by atoms with van der Waals surface area (Å²) in [5, 5.41) is 49.8. The van der Waals surface area contributed by atoms with Crippen molar-refractivity contribution in [1.29, 1.82) is 0 Å². The number of hydrogen-bond acceptors (Lipinski definition) is 7. The second kappa shape index (κ2) is 14.5. The van der Waals surface area contributed by atoms with E-state index in [4.69, 9.17) is 11.6 Å². The molecule has 54 heavy (non-hydrogen) atoms. The number of carbonyl (C=O) groups is 2. The summed E-state index contributed by atoms with van der Waals surface area (Å²) in [6.45, 7) is 10.4. The molecule has 9 unspecified atom stereocenters. The number of halogens is 1. The minimum absolute atomic E-state index is 0.0591. The second-order valence-corrected chi connectivity index (χ2v) is 18.1. The SMILES string of the molecule is CC(=O)c1c(C)nc2ccccc2c1NCc1ccc(C#C[C@@]2(O)CCC3(C)C(CC(O)C4C3CC(O)C3(C)C4CC[C@@H]3C(C)CCC(=O)O)C2)cc1Cl. The summed E-state index contributed by atoms with van der Waals surface area (Å²) >= 11 is 6.79. The highest BCUT2D eigenvalue weighted by Crippen LogP contribution is 2.69. The van der Waals surface area contributed by atoms with E-state index in [0.717, 1.165) is 41.4 Å². The van der Waals surface area contributed by atoms with Gasteiger partial charge in [-0.05, 0) is 135 Å². The van der Waals surface area contributed by atoms with Gasteiger partial charge in [0.25, 0.3) is 0 Å². The zero-order valence-electron chi connectivity index (χ0n) is 32.2. The minimum Gasteiger partial charge on any atom is -0.481 e. The van der Waals surface area contributed by atoms with Crippen molar-refractivity contribution in [3.8, 4) is 11.8 Å². The Morgan fingerprint density at radius 3 is 2.56 bits per heavy atom. The van der Waals surface area contributed by atoms with Crippen molar-refractivity contribution < 1.29 is 30.0 Å². The lowest BCUT2D eigenvalue weighted by atomic mass is 9.42. The molecule has 4 aliphatic carbocycles. The molecular weight excluding hydrogens is 700 g/mol. The number of carbonyl (C=O) groups excluding carboxylic acids is 1. The van der Waals surface area contributed by atoms with Gasteiger partial charge in [-0.2, -0.15) is 0 Å². The number of Topliss-reactive ketones (excluding diaryl/α,β-unsaturated/α-hetero) is 1. The fourth-order valence-corrected chi connectivity index (χ4v) is 12.1. The number of pyridine rings is 1. The molecule has 0 spiro atoms. The molecule has 9 heteroatoms. The van der Waals surface area contributed by atoms with Crippen molar-refractivity contribution in [2.24, 2.45) is 46.3 Å². The normalized spacial score (nSPS) is 34.9. The predicted octanol–water partition coefficient (Wildman–Crippen LogP) is 8.20. The van der Waals surface area contributed by atoms with Crippen LogP contribution in [-0.4, -0.2) is 55.0 Å². The van der Waals surface area contributed by atoms with E-state index in [0.29, 0.717) is 60.5 Å². The number of fused-ring (bicyclic) bond motifs is 6. The average molecular weight is 755 g/mol. The maximum atomic E-state index is 12.6. The van der Waals surface area contributed by atoms with Gasteiger partial charge in [-0.3, -0.25) is 14.6 Å². The van der Waals surface area contributed by atoms with Crippen molar-refractivity contribution in [2.45, 2.75) is 117 Å². The summed E-state index contributed by atoms with van der Waals surface area (Å²) in [6.07, 6.45) is 4.59. The summed E-state index contributed by atoms with van der Waals surface area (Å²) in [5.41, 5.74) is 2.66. The van der Waals surface area contributed by atoms with Crippen LogP contribution in [0.1, 0.15) is 113 Å². The summed E-state index contributed by atoms with van der Waals surface area (Å²) in [6, 6.07) is 13.4. The van der Waals surface area contributed by atoms with Crippen molar-refractivity contribution in [3.63, 3.8) is 0 Å². The lowest BCUT2D eigenvalue weighted by Crippen LogP contribution is -2.63. The first kappa shape index (κ1) is 38.8. The highest BCUT2D eigenvalue weighted by Gasteiger charge is 2.66. The van der Waals surface area contributed by atoms with Crippen molar-refractivity contribution >= 4 is 39.9 Å². The summed E-state index contributed by atoms with van der Waals surface area (Å²) in [4.78, 5) is 28.6. The number of para-hydroxylation sites is 1. The van der Waals surface area contributed by atoms with Crippen LogP contribution in [0, 0.1) is 65.1 Å². The van der Waals surface area contributed by atoms with Gasteiger partial charge in [0.2, 0.25) is 0 Å². The number of nitrogens with one attached hydrogen (secondary N) is 1. The largest absolute Gasteiger partial charge is 0.481 e. The van der Waals surface area contributed by atoms with Gasteiger partial charge in [-0.1, -0.05) is 68.5 Å². The number of hydrogen-bond donors (Lipinski definition) is 5. The third kappa shape index (κ3) is 6.74. The zero-order valence-corrected chi connectivity index (χ0v) is 32.9. The molecule has 5 N–H and O–H groups in total. The number of nitrogens with zero attached hydrogens (tertiary/aromatic N) is 1. The van der Waals surface area contributed by atoms with Crippen LogP contribution in [-0.2, 0) is 11.3 Å². The molecule has 0 bridgehead atoms. The number of aliphatic hydroxyl groups excluding tert-OH is 2.